The van der Waals surface area contributed by atoms with Gasteiger partial charge in [-0.2, -0.15) is 5.10 Å². The lowest BCUT2D eigenvalue weighted by Crippen LogP contribution is -2.05. The summed E-state index contributed by atoms with van der Waals surface area (Å²) in [5, 5.41) is 9.11. The summed E-state index contributed by atoms with van der Waals surface area (Å²) in [6.07, 6.45) is 1.78. The normalized spacial score (nSPS) is 10.9. The second-order valence-corrected chi connectivity index (χ2v) is 4.91. The van der Waals surface area contributed by atoms with Gasteiger partial charge < -0.3 is 5.32 Å². The maximum Gasteiger partial charge on any atom is 0.163 e. The summed E-state index contributed by atoms with van der Waals surface area (Å²) in [7, 11) is 1.84. The number of aryl methyl sites for hydroxylation is 1. The van der Waals surface area contributed by atoms with E-state index in [0.29, 0.717) is 12.4 Å². The third kappa shape index (κ3) is 2.20. The van der Waals surface area contributed by atoms with E-state index in [0.717, 1.165) is 27.4 Å². The average molecular weight is 288 g/mol. The molecule has 3 aromatic rings. The van der Waals surface area contributed by atoms with Gasteiger partial charge in [0.1, 0.15) is 11.6 Å². The molecule has 0 saturated heterocycles. The second kappa shape index (κ2) is 5.09. The number of anilines is 1. The van der Waals surface area contributed by atoms with E-state index < -0.39 is 0 Å². The maximum absolute atomic E-state index is 6.20. The highest BCUT2D eigenvalue weighted by Crippen LogP contribution is 2.22. The molecule has 0 saturated carbocycles. The Morgan fingerprint density at radius 1 is 1.25 bits per heavy atom. The molecular weight excluding hydrogens is 274 g/mol. The maximum atomic E-state index is 6.20. The zero-order valence-corrected chi connectivity index (χ0v) is 12.0. The fourth-order valence-electron chi connectivity index (χ4n) is 2.16. The van der Waals surface area contributed by atoms with E-state index in [1.54, 1.807) is 6.20 Å². The Labute approximate surface area is 121 Å². The molecule has 2 aromatic heterocycles. The molecular formula is C14H14ClN5. The van der Waals surface area contributed by atoms with Crippen LogP contribution in [0.5, 0.6) is 0 Å². The van der Waals surface area contributed by atoms with Crippen LogP contribution in [-0.4, -0.2) is 26.8 Å². The lowest BCUT2D eigenvalue weighted by molar-refractivity contribution is 0.702. The van der Waals surface area contributed by atoms with Crippen LogP contribution < -0.4 is 5.32 Å². The van der Waals surface area contributed by atoms with E-state index in [-0.39, 0.29) is 0 Å². The monoisotopic (exact) mass is 287 g/mol. The van der Waals surface area contributed by atoms with Crippen LogP contribution in [-0.2, 0) is 6.54 Å². The molecule has 0 unspecified atom stereocenters. The van der Waals surface area contributed by atoms with Crippen molar-refractivity contribution in [2.75, 3.05) is 12.4 Å². The Balaban J connectivity index is 2.09. The average Bonchev–Trinajstić information content (AvgIpc) is 2.83. The van der Waals surface area contributed by atoms with Crippen LogP contribution in [0.3, 0.4) is 0 Å². The number of benzene rings is 1. The minimum atomic E-state index is 0.586. The van der Waals surface area contributed by atoms with Crippen molar-refractivity contribution in [2.24, 2.45) is 0 Å². The summed E-state index contributed by atoms with van der Waals surface area (Å²) in [6.45, 7) is 2.45. The molecule has 2 heterocycles. The summed E-state index contributed by atoms with van der Waals surface area (Å²) in [5.74, 6) is 1.50. The van der Waals surface area contributed by atoms with Crippen molar-refractivity contribution in [1.82, 2.24) is 19.7 Å². The van der Waals surface area contributed by atoms with Gasteiger partial charge in [-0.15, -0.1) is 0 Å². The molecule has 6 heteroatoms. The first-order valence-corrected chi connectivity index (χ1v) is 6.68. The first-order valence-electron chi connectivity index (χ1n) is 6.30. The van der Waals surface area contributed by atoms with Crippen molar-refractivity contribution >= 4 is 28.5 Å². The largest absolute Gasteiger partial charge is 0.372 e. The van der Waals surface area contributed by atoms with Gasteiger partial charge in [-0.3, -0.25) is 0 Å². The number of hydrogen-bond donors (Lipinski definition) is 1. The van der Waals surface area contributed by atoms with Gasteiger partial charge in [-0.25, -0.2) is 14.6 Å². The predicted molar refractivity (Wildman–Crippen MR) is 80.2 cm³/mol. The topological polar surface area (TPSA) is 55.6 Å². The lowest BCUT2D eigenvalue weighted by atomic mass is 10.2. The molecule has 5 nitrogen and oxygen atoms in total. The van der Waals surface area contributed by atoms with Gasteiger partial charge in [-0.05, 0) is 18.6 Å². The van der Waals surface area contributed by atoms with Crippen molar-refractivity contribution in [3.8, 4) is 0 Å². The first kappa shape index (κ1) is 12.9. The first-order chi connectivity index (χ1) is 9.69. The Morgan fingerprint density at radius 2 is 2.05 bits per heavy atom. The molecule has 0 amide bonds. The van der Waals surface area contributed by atoms with Crippen molar-refractivity contribution in [1.29, 1.82) is 0 Å². The molecule has 0 aliphatic heterocycles. The third-order valence-electron chi connectivity index (χ3n) is 3.12. The fraction of sp³-hybridized carbons (Fsp3) is 0.214. The summed E-state index contributed by atoms with van der Waals surface area (Å²) >= 11 is 6.20. The van der Waals surface area contributed by atoms with Gasteiger partial charge in [0, 0.05) is 12.1 Å². The summed E-state index contributed by atoms with van der Waals surface area (Å²) < 4.78 is 1.84. The molecule has 0 fully saturated rings. The SMILES string of the molecule is CNc1nc(C)nc2c1cnn2Cc1ccccc1Cl. The number of nitrogens with zero attached hydrogens (tertiary/aromatic N) is 4. The summed E-state index contributed by atoms with van der Waals surface area (Å²) in [5.41, 5.74) is 1.82. The van der Waals surface area contributed by atoms with E-state index in [9.17, 15) is 0 Å². The van der Waals surface area contributed by atoms with Gasteiger partial charge in [0.25, 0.3) is 0 Å². The lowest BCUT2D eigenvalue weighted by Gasteiger charge is -2.07. The zero-order chi connectivity index (χ0) is 14.1. The summed E-state index contributed by atoms with van der Waals surface area (Å²) in [4.78, 5) is 8.83. The van der Waals surface area contributed by atoms with Gasteiger partial charge in [0.15, 0.2) is 5.65 Å². The second-order valence-electron chi connectivity index (χ2n) is 4.50. The van der Waals surface area contributed by atoms with E-state index in [2.05, 4.69) is 20.4 Å². The number of hydrogen-bond acceptors (Lipinski definition) is 4. The van der Waals surface area contributed by atoms with Crippen LogP contribution in [0.15, 0.2) is 30.5 Å². The minimum Gasteiger partial charge on any atom is -0.372 e. The quantitative estimate of drug-likeness (QED) is 0.805. The summed E-state index contributed by atoms with van der Waals surface area (Å²) in [6, 6.07) is 7.75. The predicted octanol–water partition coefficient (Wildman–Crippen LogP) is 2.88. The molecule has 0 aliphatic carbocycles. The number of fused-ring (bicyclic) bond motifs is 1. The molecule has 20 heavy (non-hydrogen) atoms. The molecule has 1 aromatic carbocycles. The van der Waals surface area contributed by atoms with Gasteiger partial charge in [-0.1, -0.05) is 29.8 Å². The Hall–Kier alpha value is -2.14. The standard InChI is InChI=1S/C14H14ClN5/c1-9-18-13(16-2)11-7-17-20(14(11)19-9)8-10-5-3-4-6-12(10)15/h3-7H,8H2,1-2H3,(H,16,18,19). The van der Waals surface area contributed by atoms with Crippen LogP contribution in [0.2, 0.25) is 5.02 Å². The highest BCUT2D eigenvalue weighted by atomic mass is 35.5. The zero-order valence-electron chi connectivity index (χ0n) is 11.3. The number of nitrogens with one attached hydrogen (secondary N) is 1. The van der Waals surface area contributed by atoms with Crippen molar-refractivity contribution in [3.63, 3.8) is 0 Å². The van der Waals surface area contributed by atoms with Gasteiger partial charge in [0.2, 0.25) is 0 Å². The van der Waals surface area contributed by atoms with Crippen LogP contribution in [0.4, 0.5) is 5.82 Å². The van der Waals surface area contributed by atoms with E-state index in [1.165, 1.54) is 0 Å². The number of aromatic nitrogens is 4. The third-order valence-corrected chi connectivity index (χ3v) is 3.49. The van der Waals surface area contributed by atoms with E-state index >= 15 is 0 Å². The number of halogens is 1. The van der Waals surface area contributed by atoms with E-state index in [4.69, 9.17) is 11.6 Å². The Kier molecular flexibility index (Phi) is 3.28. The van der Waals surface area contributed by atoms with Crippen LogP contribution in [0, 0.1) is 6.92 Å². The van der Waals surface area contributed by atoms with Crippen LogP contribution >= 0.6 is 11.6 Å². The molecule has 0 atom stereocenters. The Bertz CT molecular complexity index is 765. The van der Waals surface area contributed by atoms with Crippen LogP contribution in [0.25, 0.3) is 11.0 Å². The molecule has 0 spiro atoms. The number of rotatable bonds is 3. The molecule has 0 bridgehead atoms. The van der Waals surface area contributed by atoms with E-state index in [1.807, 2.05) is 42.9 Å². The van der Waals surface area contributed by atoms with Crippen molar-refractivity contribution < 1.29 is 0 Å². The van der Waals surface area contributed by atoms with Gasteiger partial charge >= 0.3 is 0 Å². The molecule has 1 N–H and O–H groups in total. The smallest absolute Gasteiger partial charge is 0.163 e. The van der Waals surface area contributed by atoms with Gasteiger partial charge in [0.05, 0.1) is 18.1 Å². The molecule has 0 aliphatic rings. The highest BCUT2D eigenvalue weighted by Gasteiger charge is 2.11. The molecule has 3 rings (SSSR count). The van der Waals surface area contributed by atoms with Crippen LogP contribution in [0.1, 0.15) is 11.4 Å². The van der Waals surface area contributed by atoms with Crippen molar-refractivity contribution in [3.05, 3.63) is 46.9 Å². The highest BCUT2D eigenvalue weighted by molar-refractivity contribution is 6.31. The Morgan fingerprint density at radius 3 is 2.80 bits per heavy atom. The van der Waals surface area contributed by atoms with Crippen molar-refractivity contribution in [2.45, 2.75) is 13.5 Å². The molecule has 0 radical (unpaired) electrons. The fourth-order valence-corrected chi connectivity index (χ4v) is 2.35. The molecule has 102 valence electrons. The minimum absolute atomic E-state index is 0.586.